The maximum Gasteiger partial charge on any atom is 0.0472 e. The average Bonchev–Trinajstić information content (AvgIpc) is 2.91. The van der Waals surface area contributed by atoms with Crippen LogP contribution in [-0.2, 0) is 4.74 Å². The number of nitrogens with zero attached hydrogens (tertiary/aromatic N) is 1. The molecule has 2 aliphatic heterocycles. The van der Waals surface area contributed by atoms with Gasteiger partial charge in [-0.25, -0.2) is 0 Å². The summed E-state index contributed by atoms with van der Waals surface area (Å²) < 4.78 is 5.51. The molecule has 0 radical (unpaired) electrons. The Balaban J connectivity index is 1.58. The van der Waals surface area contributed by atoms with Crippen LogP contribution in [-0.4, -0.2) is 43.5 Å². The van der Waals surface area contributed by atoms with Crippen LogP contribution in [0.4, 0.5) is 0 Å². The number of ether oxygens (including phenoxy) is 1. The fourth-order valence-corrected chi connectivity index (χ4v) is 4.52. The molecule has 2 atom stereocenters. The monoisotopic (exact) mass is 255 g/mol. The van der Waals surface area contributed by atoms with Crippen molar-refractivity contribution in [3.63, 3.8) is 0 Å². The van der Waals surface area contributed by atoms with Crippen LogP contribution in [0.1, 0.15) is 32.1 Å². The van der Waals surface area contributed by atoms with E-state index in [2.05, 4.69) is 17.5 Å². The second-order valence-corrected chi connectivity index (χ2v) is 6.73. The van der Waals surface area contributed by atoms with Crippen molar-refractivity contribution in [3.05, 3.63) is 0 Å². The molecule has 1 saturated carbocycles. The Morgan fingerprint density at radius 3 is 2.35 bits per heavy atom. The van der Waals surface area contributed by atoms with E-state index in [4.69, 9.17) is 4.74 Å². The number of thiol groups is 1. The molecule has 0 aromatic heterocycles. The van der Waals surface area contributed by atoms with Gasteiger partial charge in [-0.05, 0) is 48.7 Å². The molecular weight excluding hydrogens is 230 g/mol. The zero-order valence-corrected chi connectivity index (χ0v) is 11.6. The van der Waals surface area contributed by atoms with Gasteiger partial charge in [0.2, 0.25) is 0 Å². The molecule has 98 valence electrons. The molecule has 3 fully saturated rings. The van der Waals surface area contributed by atoms with Gasteiger partial charge < -0.3 is 9.64 Å². The molecule has 0 amide bonds. The van der Waals surface area contributed by atoms with E-state index in [1.807, 2.05) is 0 Å². The van der Waals surface area contributed by atoms with Gasteiger partial charge in [0.15, 0.2) is 0 Å². The van der Waals surface area contributed by atoms with Crippen molar-refractivity contribution in [2.24, 2.45) is 17.3 Å². The summed E-state index contributed by atoms with van der Waals surface area (Å²) in [6, 6.07) is 0. The molecule has 0 aromatic rings. The van der Waals surface area contributed by atoms with Gasteiger partial charge in [0.25, 0.3) is 0 Å². The average molecular weight is 255 g/mol. The van der Waals surface area contributed by atoms with Crippen molar-refractivity contribution < 1.29 is 4.74 Å². The lowest BCUT2D eigenvalue weighted by molar-refractivity contribution is 0.0102. The Morgan fingerprint density at radius 1 is 1.12 bits per heavy atom. The summed E-state index contributed by atoms with van der Waals surface area (Å²) in [7, 11) is 0. The van der Waals surface area contributed by atoms with Crippen LogP contribution < -0.4 is 0 Å². The van der Waals surface area contributed by atoms with E-state index in [9.17, 15) is 0 Å². The molecule has 0 N–H and O–H groups in total. The van der Waals surface area contributed by atoms with Crippen LogP contribution in [0.5, 0.6) is 0 Å². The highest BCUT2D eigenvalue weighted by atomic mass is 32.1. The minimum Gasteiger partial charge on any atom is -0.381 e. The lowest BCUT2D eigenvalue weighted by atomic mass is 9.81. The summed E-state index contributed by atoms with van der Waals surface area (Å²) in [6.07, 6.45) is 6.87. The van der Waals surface area contributed by atoms with Gasteiger partial charge in [0, 0.05) is 32.8 Å². The van der Waals surface area contributed by atoms with E-state index in [0.717, 1.165) is 30.8 Å². The Kier molecular flexibility index (Phi) is 3.69. The Labute approximate surface area is 110 Å². The number of likely N-dealkylation sites (tertiary alicyclic amines) is 1. The number of fused-ring (bicyclic) bond motifs is 1. The first-order chi connectivity index (χ1) is 8.31. The first kappa shape index (κ1) is 12.3. The van der Waals surface area contributed by atoms with Crippen LogP contribution in [0.3, 0.4) is 0 Å². The third-order valence-corrected chi connectivity index (χ3v) is 5.92. The van der Waals surface area contributed by atoms with E-state index < -0.39 is 0 Å². The van der Waals surface area contributed by atoms with E-state index in [0.29, 0.717) is 5.41 Å². The zero-order valence-electron chi connectivity index (χ0n) is 10.7. The van der Waals surface area contributed by atoms with Crippen molar-refractivity contribution >= 4 is 12.6 Å². The second-order valence-electron chi connectivity index (χ2n) is 6.42. The van der Waals surface area contributed by atoms with Crippen LogP contribution in [0.2, 0.25) is 0 Å². The molecule has 0 bridgehead atoms. The standard InChI is InChI=1S/C14H25NOS/c17-11-14(4-6-16-7-5-14)10-15-8-12-2-1-3-13(12)9-15/h12-13,17H,1-11H2. The molecule has 3 rings (SSSR count). The van der Waals surface area contributed by atoms with Gasteiger partial charge in [-0.1, -0.05) is 6.42 Å². The van der Waals surface area contributed by atoms with Crippen LogP contribution in [0.25, 0.3) is 0 Å². The molecule has 0 aromatic carbocycles. The highest BCUT2D eigenvalue weighted by Crippen LogP contribution is 2.40. The zero-order chi connectivity index (χ0) is 11.7. The lowest BCUT2D eigenvalue weighted by Crippen LogP contribution is -2.42. The SMILES string of the molecule is SCC1(CN2CC3CCCC3C2)CCOCC1. The fourth-order valence-electron chi connectivity index (χ4n) is 4.11. The van der Waals surface area contributed by atoms with Crippen molar-refractivity contribution in [1.29, 1.82) is 0 Å². The third kappa shape index (κ3) is 2.52. The molecule has 2 nitrogen and oxygen atoms in total. The smallest absolute Gasteiger partial charge is 0.0472 e. The third-order valence-electron chi connectivity index (χ3n) is 5.25. The first-order valence-corrected chi connectivity index (χ1v) is 7.86. The van der Waals surface area contributed by atoms with Gasteiger partial charge in [0.1, 0.15) is 0 Å². The van der Waals surface area contributed by atoms with Gasteiger partial charge in [0.05, 0.1) is 0 Å². The normalized spacial score (nSPS) is 37.2. The minimum atomic E-state index is 0.444. The summed E-state index contributed by atoms with van der Waals surface area (Å²) in [5.74, 6) is 3.07. The van der Waals surface area contributed by atoms with E-state index in [1.165, 1.54) is 51.7 Å². The van der Waals surface area contributed by atoms with Gasteiger partial charge >= 0.3 is 0 Å². The van der Waals surface area contributed by atoms with Crippen LogP contribution >= 0.6 is 12.6 Å². The fraction of sp³-hybridized carbons (Fsp3) is 1.00. The quantitative estimate of drug-likeness (QED) is 0.778. The first-order valence-electron chi connectivity index (χ1n) is 7.22. The Hall–Kier alpha value is 0.270. The summed E-state index contributed by atoms with van der Waals surface area (Å²) in [6.45, 7) is 5.89. The number of hydrogen-bond acceptors (Lipinski definition) is 3. The molecule has 2 heterocycles. The molecule has 2 unspecified atom stereocenters. The molecule has 0 spiro atoms. The largest absolute Gasteiger partial charge is 0.381 e. The molecule has 3 aliphatic rings. The molecular formula is C14H25NOS. The predicted molar refractivity (Wildman–Crippen MR) is 73.6 cm³/mol. The summed E-state index contributed by atoms with van der Waals surface area (Å²) >= 11 is 4.62. The number of rotatable bonds is 3. The molecule has 3 heteroatoms. The molecule has 2 saturated heterocycles. The second kappa shape index (κ2) is 5.10. The van der Waals surface area contributed by atoms with Crippen LogP contribution in [0.15, 0.2) is 0 Å². The maximum absolute atomic E-state index is 5.51. The van der Waals surface area contributed by atoms with E-state index in [-0.39, 0.29) is 0 Å². The molecule has 17 heavy (non-hydrogen) atoms. The van der Waals surface area contributed by atoms with Crippen LogP contribution in [0, 0.1) is 17.3 Å². The highest BCUT2D eigenvalue weighted by molar-refractivity contribution is 7.80. The lowest BCUT2D eigenvalue weighted by Gasteiger charge is -2.39. The van der Waals surface area contributed by atoms with Crippen molar-refractivity contribution in [2.75, 3.05) is 38.6 Å². The van der Waals surface area contributed by atoms with Crippen molar-refractivity contribution in [3.8, 4) is 0 Å². The predicted octanol–water partition coefficient (Wildman–Crippen LogP) is 2.44. The highest BCUT2D eigenvalue weighted by Gasteiger charge is 2.40. The Bertz CT molecular complexity index is 253. The van der Waals surface area contributed by atoms with Gasteiger partial charge in [-0.15, -0.1) is 0 Å². The van der Waals surface area contributed by atoms with Crippen molar-refractivity contribution in [1.82, 2.24) is 4.90 Å². The summed E-state index contributed by atoms with van der Waals surface area (Å²) in [5.41, 5.74) is 0.444. The number of hydrogen-bond donors (Lipinski definition) is 1. The topological polar surface area (TPSA) is 12.5 Å². The van der Waals surface area contributed by atoms with Gasteiger partial charge in [-0.2, -0.15) is 12.6 Å². The summed E-state index contributed by atoms with van der Waals surface area (Å²) in [5, 5.41) is 0. The maximum atomic E-state index is 5.51. The van der Waals surface area contributed by atoms with E-state index in [1.54, 1.807) is 0 Å². The van der Waals surface area contributed by atoms with E-state index >= 15 is 0 Å². The summed E-state index contributed by atoms with van der Waals surface area (Å²) in [4.78, 5) is 2.73. The van der Waals surface area contributed by atoms with Crippen molar-refractivity contribution in [2.45, 2.75) is 32.1 Å². The molecule has 1 aliphatic carbocycles. The minimum absolute atomic E-state index is 0.444. The Morgan fingerprint density at radius 2 is 1.76 bits per heavy atom. The van der Waals surface area contributed by atoms with Gasteiger partial charge in [-0.3, -0.25) is 0 Å².